The Labute approximate surface area is 86.8 Å². The summed E-state index contributed by atoms with van der Waals surface area (Å²) in [5, 5.41) is 3.38. The summed E-state index contributed by atoms with van der Waals surface area (Å²) in [7, 11) is 0. The van der Waals surface area contributed by atoms with Crippen LogP contribution in [0.15, 0.2) is 0 Å². The minimum atomic E-state index is 0.455. The number of hydrogen-bond donors (Lipinski definition) is 1. The maximum Gasteiger partial charge on any atom is 0.0712 e. The van der Waals surface area contributed by atoms with E-state index in [0.717, 1.165) is 25.7 Å². The van der Waals surface area contributed by atoms with E-state index in [1.165, 1.54) is 32.4 Å². The first-order valence-electron chi connectivity index (χ1n) is 5.96. The Morgan fingerprint density at radius 1 is 1.43 bits per heavy atom. The first-order valence-corrected chi connectivity index (χ1v) is 5.96. The van der Waals surface area contributed by atoms with Gasteiger partial charge in [0.05, 0.1) is 12.7 Å². The van der Waals surface area contributed by atoms with Crippen molar-refractivity contribution in [2.45, 2.75) is 38.3 Å². The summed E-state index contributed by atoms with van der Waals surface area (Å²) in [4.78, 5) is 2.60. The van der Waals surface area contributed by atoms with Crippen molar-refractivity contribution in [2.24, 2.45) is 0 Å². The molecule has 1 aliphatic heterocycles. The van der Waals surface area contributed by atoms with Crippen molar-refractivity contribution in [3.8, 4) is 0 Å². The molecule has 2 fully saturated rings. The van der Waals surface area contributed by atoms with Gasteiger partial charge in [-0.3, -0.25) is 0 Å². The molecule has 1 saturated heterocycles. The van der Waals surface area contributed by atoms with Crippen LogP contribution in [0.4, 0.5) is 0 Å². The molecular weight excluding hydrogens is 176 g/mol. The van der Waals surface area contributed by atoms with Gasteiger partial charge in [0, 0.05) is 25.7 Å². The van der Waals surface area contributed by atoms with Crippen LogP contribution in [0.2, 0.25) is 0 Å². The zero-order valence-electron chi connectivity index (χ0n) is 9.17. The number of hydrogen-bond acceptors (Lipinski definition) is 3. The lowest BCUT2D eigenvalue weighted by molar-refractivity contribution is 0.0172. The molecule has 1 saturated carbocycles. The maximum atomic E-state index is 5.68. The van der Waals surface area contributed by atoms with Crippen LogP contribution in [0.5, 0.6) is 0 Å². The van der Waals surface area contributed by atoms with Crippen LogP contribution in [0.1, 0.15) is 26.2 Å². The summed E-state index contributed by atoms with van der Waals surface area (Å²) in [6.07, 6.45) is 4.48. The van der Waals surface area contributed by atoms with Crippen LogP contribution in [-0.4, -0.2) is 49.8 Å². The Morgan fingerprint density at radius 2 is 2.29 bits per heavy atom. The average molecular weight is 198 g/mol. The molecule has 0 bridgehead atoms. The standard InChI is InChI=1S/C11H22N2O/c1-2-13(10-3-4-10)7-5-11-9-12-6-8-14-11/h10-12H,2-9H2,1H3. The summed E-state index contributed by atoms with van der Waals surface area (Å²) >= 11 is 0. The molecule has 0 aromatic heterocycles. The maximum absolute atomic E-state index is 5.68. The van der Waals surface area contributed by atoms with Gasteiger partial charge in [-0.05, 0) is 25.8 Å². The molecule has 1 aliphatic carbocycles. The Kier molecular flexibility index (Phi) is 3.79. The van der Waals surface area contributed by atoms with Crippen LogP contribution >= 0.6 is 0 Å². The van der Waals surface area contributed by atoms with E-state index >= 15 is 0 Å². The summed E-state index contributed by atoms with van der Waals surface area (Å²) in [6, 6.07) is 0.900. The molecule has 3 nitrogen and oxygen atoms in total. The monoisotopic (exact) mass is 198 g/mol. The van der Waals surface area contributed by atoms with Crippen LogP contribution in [0, 0.1) is 0 Å². The SMILES string of the molecule is CCN(CCC1CNCCO1)C1CC1. The van der Waals surface area contributed by atoms with Crippen molar-refractivity contribution >= 4 is 0 Å². The first-order chi connectivity index (χ1) is 6.90. The molecule has 0 spiro atoms. The molecule has 0 aromatic carbocycles. The topological polar surface area (TPSA) is 24.5 Å². The normalized spacial score (nSPS) is 28.3. The van der Waals surface area contributed by atoms with E-state index in [-0.39, 0.29) is 0 Å². The van der Waals surface area contributed by atoms with Gasteiger partial charge >= 0.3 is 0 Å². The minimum Gasteiger partial charge on any atom is -0.376 e. The molecule has 2 aliphatic rings. The summed E-state index contributed by atoms with van der Waals surface area (Å²) in [6.45, 7) is 7.63. The average Bonchev–Trinajstić information content (AvgIpc) is 3.05. The summed E-state index contributed by atoms with van der Waals surface area (Å²) < 4.78 is 5.68. The Hall–Kier alpha value is -0.120. The van der Waals surface area contributed by atoms with Crippen LogP contribution in [0.25, 0.3) is 0 Å². The Morgan fingerprint density at radius 3 is 2.86 bits per heavy atom. The van der Waals surface area contributed by atoms with Crippen molar-refractivity contribution in [1.29, 1.82) is 0 Å². The fourth-order valence-electron chi connectivity index (χ4n) is 2.15. The minimum absolute atomic E-state index is 0.455. The number of nitrogens with one attached hydrogen (secondary N) is 1. The van der Waals surface area contributed by atoms with Crippen LogP contribution in [-0.2, 0) is 4.74 Å². The number of rotatable bonds is 5. The van der Waals surface area contributed by atoms with Gasteiger partial charge in [-0.25, -0.2) is 0 Å². The smallest absolute Gasteiger partial charge is 0.0712 e. The van der Waals surface area contributed by atoms with E-state index in [2.05, 4.69) is 17.1 Å². The molecule has 1 N–H and O–H groups in total. The van der Waals surface area contributed by atoms with E-state index in [9.17, 15) is 0 Å². The predicted octanol–water partition coefficient (Wildman–Crippen LogP) is 0.849. The molecule has 1 heterocycles. The Bertz CT molecular complexity index is 165. The molecule has 2 rings (SSSR count). The highest BCUT2D eigenvalue weighted by Crippen LogP contribution is 2.26. The number of nitrogens with zero attached hydrogens (tertiary/aromatic N) is 1. The number of morpholine rings is 1. The van der Waals surface area contributed by atoms with Gasteiger partial charge < -0.3 is 15.0 Å². The lowest BCUT2D eigenvalue weighted by Gasteiger charge is -2.27. The van der Waals surface area contributed by atoms with Crippen LogP contribution in [0.3, 0.4) is 0 Å². The van der Waals surface area contributed by atoms with Crippen molar-refractivity contribution in [2.75, 3.05) is 32.8 Å². The summed E-state index contributed by atoms with van der Waals surface area (Å²) in [5.41, 5.74) is 0. The van der Waals surface area contributed by atoms with E-state index in [1.54, 1.807) is 0 Å². The van der Waals surface area contributed by atoms with Gasteiger partial charge in [0.15, 0.2) is 0 Å². The molecule has 3 heteroatoms. The molecule has 1 unspecified atom stereocenters. The third kappa shape index (κ3) is 2.94. The lowest BCUT2D eigenvalue weighted by atomic mass is 10.2. The van der Waals surface area contributed by atoms with E-state index in [4.69, 9.17) is 4.74 Å². The highest BCUT2D eigenvalue weighted by Gasteiger charge is 2.28. The molecule has 14 heavy (non-hydrogen) atoms. The van der Waals surface area contributed by atoms with Crippen molar-refractivity contribution < 1.29 is 4.74 Å². The molecular formula is C11H22N2O. The molecule has 0 aromatic rings. The third-order valence-electron chi connectivity index (χ3n) is 3.21. The van der Waals surface area contributed by atoms with Gasteiger partial charge in [-0.15, -0.1) is 0 Å². The van der Waals surface area contributed by atoms with Crippen molar-refractivity contribution in [1.82, 2.24) is 10.2 Å². The first kappa shape index (κ1) is 10.4. The largest absolute Gasteiger partial charge is 0.376 e. The highest BCUT2D eigenvalue weighted by atomic mass is 16.5. The van der Waals surface area contributed by atoms with Gasteiger partial charge in [-0.1, -0.05) is 6.92 Å². The highest BCUT2D eigenvalue weighted by molar-refractivity contribution is 4.84. The lowest BCUT2D eigenvalue weighted by Crippen LogP contribution is -2.40. The van der Waals surface area contributed by atoms with E-state index < -0.39 is 0 Å². The van der Waals surface area contributed by atoms with Gasteiger partial charge in [-0.2, -0.15) is 0 Å². The van der Waals surface area contributed by atoms with Gasteiger partial charge in [0.25, 0.3) is 0 Å². The van der Waals surface area contributed by atoms with Gasteiger partial charge in [0.2, 0.25) is 0 Å². The second-order valence-electron chi connectivity index (χ2n) is 4.35. The molecule has 82 valence electrons. The zero-order chi connectivity index (χ0) is 9.80. The van der Waals surface area contributed by atoms with Crippen LogP contribution < -0.4 is 5.32 Å². The fraction of sp³-hybridized carbons (Fsp3) is 1.00. The molecule has 0 amide bonds. The zero-order valence-corrected chi connectivity index (χ0v) is 9.17. The predicted molar refractivity (Wildman–Crippen MR) is 57.5 cm³/mol. The molecule has 0 radical (unpaired) electrons. The van der Waals surface area contributed by atoms with Crippen molar-refractivity contribution in [3.63, 3.8) is 0 Å². The fourth-order valence-corrected chi connectivity index (χ4v) is 2.15. The quantitative estimate of drug-likeness (QED) is 0.709. The van der Waals surface area contributed by atoms with Crippen molar-refractivity contribution in [3.05, 3.63) is 0 Å². The van der Waals surface area contributed by atoms with Gasteiger partial charge in [0.1, 0.15) is 0 Å². The van der Waals surface area contributed by atoms with E-state index in [1.807, 2.05) is 0 Å². The third-order valence-corrected chi connectivity index (χ3v) is 3.21. The Balaban J connectivity index is 1.63. The number of ether oxygens (including phenoxy) is 1. The second-order valence-corrected chi connectivity index (χ2v) is 4.35. The second kappa shape index (κ2) is 5.10. The molecule has 1 atom stereocenters. The summed E-state index contributed by atoms with van der Waals surface area (Å²) in [5.74, 6) is 0. The van der Waals surface area contributed by atoms with E-state index in [0.29, 0.717) is 6.10 Å².